The normalized spacial score (nSPS) is 22.3. The van der Waals surface area contributed by atoms with Crippen molar-refractivity contribution in [1.29, 1.82) is 0 Å². The highest BCUT2D eigenvalue weighted by Crippen LogP contribution is 2.33. The molecular formula is C22H28N4O5. The zero-order valence-electron chi connectivity index (χ0n) is 17.7. The van der Waals surface area contributed by atoms with Gasteiger partial charge in [0.15, 0.2) is 0 Å². The fraction of sp³-hybridized carbons (Fsp3) is 0.545. The van der Waals surface area contributed by atoms with Crippen molar-refractivity contribution in [2.75, 3.05) is 38.6 Å². The first kappa shape index (κ1) is 21.5. The lowest BCUT2D eigenvalue weighted by Gasteiger charge is -2.32. The van der Waals surface area contributed by atoms with Gasteiger partial charge in [-0.05, 0) is 50.9 Å². The van der Waals surface area contributed by atoms with Gasteiger partial charge in [0.2, 0.25) is 5.91 Å². The van der Waals surface area contributed by atoms with E-state index in [-0.39, 0.29) is 24.3 Å². The minimum atomic E-state index is -0.943. The highest BCUT2D eigenvalue weighted by atomic mass is 16.5. The summed E-state index contributed by atoms with van der Waals surface area (Å²) in [6.07, 6.45) is 3.40. The molecule has 1 unspecified atom stereocenters. The van der Waals surface area contributed by atoms with E-state index in [1.165, 1.54) is 7.05 Å². The Hall–Kier alpha value is -2.78. The van der Waals surface area contributed by atoms with Gasteiger partial charge in [0.25, 0.3) is 17.7 Å². The van der Waals surface area contributed by atoms with Crippen LogP contribution in [0.2, 0.25) is 0 Å². The summed E-state index contributed by atoms with van der Waals surface area (Å²) in [5, 5.41) is 6.55. The summed E-state index contributed by atoms with van der Waals surface area (Å²) >= 11 is 0. The Kier molecular flexibility index (Phi) is 6.33. The van der Waals surface area contributed by atoms with Gasteiger partial charge < -0.3 is 15.4 Å². The van der Waals surface area contributed by atoms with E-state index >= 15 is 0 Å². The summed E-state index contributed by atoms with van der Waals surface area (Å²) in [6.45, 7) is 3.20. The molecule has 3 aliphatic heterocycles. The standard InChI is InChI=1S/C22H28N4O5/c1-25-18(27)7-6-17(21(25)29)26-20(28)15-4-2-5-16(19(15)22(26)30)24-10-3-13-31-14-8-11-23-12-9-14/h2,4-5,14,17,23-24H,3,6-13H2,1H3. The second-order valence-electron chi connectivity index (χ2n) is 8.15. The number of benzene rings is 1. The number of likely N-dealkylation sites (tertiary alicyclic amines) is 1. The van der Waals surface area contributed by atoms with Crippen LogP contribution in [-0.2, 0) is 14.3 Å². The largest absolute Gasteiger partial charge is 0.384 e. The van der Waals surface area contributed by atoms with Gasteiger partial charge in [-0.15, -0.1) is 0 Å². The van der Waals surface area contributed by atoms with Crippen LogP contribution in [0.15, 0.2) is 18.2 Å². The van der Waals surface area contributed by atoms with E-state index in [0.29, 0.717) is 30.5 Å². The van der Waals surface area contributed by atoms with Crippen LogP contribution >= 0.6 is 0 Å². The van der Waals surface area contributed by atoms with Gasteiger partial charge in [0.1, 0.15) is 6.04 Å². The van der Waals surface area contributed by atoms with Crippen molar-refractivity contribution < 1.29 is 23.9 Å². The smallest absolute Gasteiger partial charge is 0.264 e. The molecule has 3 heterocycles. The zero-order chi connectivity index (χ0) is 22.0. The molecule has 4 amide bonds. The minimum Gasteiger partial charge on any atom is -0.384 e. The fourth-order valence-corrected chi connectivity index (χ4v) is 4.38. The number of hydrogen-bond acceptors (Lipinski definition) is 7. The van der Waals surface area contributed by atoms with Gasteiger partial charge >= 0.3 is 0 Å². The van der Waals surface area contributed by atoms with Gasteiger partial charge in [0, 0.05) is 32.3 Å². The molecule has 0 saturated carbocycles. The lowest BCUT2D eigenvalue weighted by atomic mass is 10.0. The zero-order valence-corrected chi connectivity index (χ0v) is 17.7. The van der Waals surface area contributed by atoms with E-state index in [0.717, 1.165) is 42.2 Å². The SMILES string of the molecule is CN1C(=O)CCC(N2C(=O)c3cccc(NCCCOC4CCNCC4)c3C2=O)C1=O. The number of rotatable bonds is 7. The highest BCUT2D eigenvalue weighted by molar-refractivity contribution is 6.25. The molecule has 1 aromatic rings. The minimum absolute atomic E-state index is 0.127. The maximum absolute atomic E-state index is 13.1. The third-order valence-electron chi connectivity index (χ3n) is 6.16. The molecule has 0 bridgehead atoms. The summed E-state index contributed by atoms with van der Waals surface area (Å²) in [5.41, 5.74) is 1.15. The van der Waals surface area contributed by atoms with Crippen molar-refractivity contribution in [3.63, 3.8) is 0 Å². The number of hydrogen-bond donors (Lipinski definition) is 2. The molecule has 4 rings (SSSR count). The number of fused-ring (bicyclic) bond motifs is 1. The molecule has 3 aliphatic rings. The number of nitrogens with zero attached hydrogens (tertiary/aromatic N) is 2. The molecule has 2 N–H and O–H groups in total. The van der Waals surface area contributed by atoms with E-state index in [1.807, 2.05) is 0 Å². The van der Waals surface area contributed by atoms with Crippen LogP contribution in [0.3, 0.4) is 0 Å². The summed E-state index contributed by atoms with van der Waals surface area (Å²) in [6, 6.07) is 4.14. The first-order valence-corrected chi connectivity index (χ1v) is 10.9. The Labute approximate surface area is 181 Å². The number of amides is 4. The van der Waals surface area contributed by atoms with E-state index in [2.05, 4.69) is 10.6 Å². The van der Waals surface area contributed by atoms with Crippen LogP contribution < -0.4 is 10.6 Å². The number of carbonyl (C=O) groups is 4. The van der Waals surface area contributed by atoms with Crippen molar-refractivity contribution in [2.24, 2.45) is 0 Å². The maximum Gasteiger partial charge on any atom is 0.264 e. The number of ether oxygens (including phenoxy) is 1. The Morgan fingerprint density at radius 1 is 1.10 bits per heavy atom. The first-order chi connectivity index (χ1) is 15.0. The number of anilines is 1. The first-order valence-electron chi connectivity index (χ1n) is 10.9. The molecule has 0 aliphatic carbocycles. The monoisotopic (exact) mass is 428 g/mol. The molecule has 0 spiro atoms. The lowest BCUT2D eigenvalue weighted by molar-refractivity contribution is -0.149. The van der Waals surface area contributed by atoms with Crippen LogP contribution in [0.4, 0.5) is 5.69 Å². The number of imide groups is 2. The second-order valence-corrected chi connectivity index (χ2v) is 8.15. The summed E-state index contributed by atoms with van der Waals surface area (Å²) in [7, 11) is 1.38. The fourth-order valence-electron chi connectivity index (χ4n) is 4.38. The van der Waals surface area contributed by atoms with Crippen molar-refractivity contribution in [3.8, 4) is 0 Å². The van der Waals surface area contributed by atoms with Gasteiger partial charge in [-0.1, -0.05) is 6.07 Å². The molecule has 9 nitrogen and oxygen atoms in total. The van der Waals surface area contributed by atoms with Gasteiger partial charge in [-0.2, -0.15) is 0 Å². The molecule has 166 valence electrons. The number of likely N-dealkylation sites (N-methyl/N-ethyl adjacent to an activating group) is 1. The van der Waals surface area contributed by atoms with Crippen LogP contribution in [0.25, 0.3) is 0 Å². The van der Waals surface area contributed by atoms with E-state index in [4.69, 9.17) is 4.74 Å². The van der Waals surface area contributed by atoms with Crippen molar-refractivity contribution >= 4 is 29.3 Å². The molecule has 2 fully saturated rings. The number of carbonyl (C=O) groups excluding carboxylic acids is 4. The topological polar surface area (TPSA) is 108 Å². The van der Waals surface area contributed by atoms with Gasteiger partial charge in [-0.3, -0.25) is 29.0 Å². The summed E-state index contributed by atoms with van der Waals surface area (Å²) < 4.78 is 5.90. The van der Waals surface area contributed by atoms with Crippen molar-refractivity contribution in [1.82, 2.24) is 15.1 Å². The predicted octanol–water partition coefficient (Wildman–Crippen LogP) is 1.00. The third kappa shape index (κ3) is 4.20. The maximum atomic E-state index is 13.1. The van der Waals surface area contributed by atoms with Crippen LogP contribution in [0.1, 0.15) is 52.8 Å². The molecule has 1 atom stereocenters. The molecule has 2 saturated heterocycles. The van der Waals surface area contributed by atoms with E-state index < -0.39 is 23.8 Å². The average molecular weight is 428 g/mol. The van der Waals surface area contributed by atoms with Gasteiger partial charge in [-0.25, -0.2) is 0 Å². The molecule has 31 heavy (non-hydrogen) atoms. The van der Waals surface area contributed by atoms with Crippen LogP contribution in [0, 0.1) is 0 Å². The Morgan fingerprint density at radius 3 is 2.65 bits per heavy atom. The molecule has 1 aromatic carbocycles. The summed E-state index contributed by atoms with van der Waals surface area (Å²) in [5.74, 6) is -1.80. The van der Waals surface area contributed by atoms with Crippen molar-refractivity contribution in [2.45, 2.75) is 44.2 Å². The third-order valence-corrected chi connectivity index (χ3v) is 6.16. The Balaban J connectivity index is 1.39. The highest BCUT2D eigenvalue weighted by Gasteiger charge is 2.47. The second kappa shape index (κ2) is 9.15. The van der Waals surface area contributed by atoms with E-state index in [9.17, 15) is 19.2 Å². The number of piperidine rings is 2. The molecule has 0 radical (unpaired) electrons. The van der Waals surface area contributed by atoms with Gasteiger partial charge in [0.05, 0.1) is 17.2 Å². The quantitative estimate of drug-likeness (QED) is 0.493. The lowest BCUT2D eigenvalue weighted by Crippen LogP contribution is -2.54. The average Bonchev–Trinajstić information content (AvgIpc) is 3.04. The predicted molar refractivity (Wildman–Crippen MR) is 113 cm³/mol. The van der Waals surface area contributed by atoms with Crippen molar-refractivity contribution in [3.05, 3.63) is 29.3 Å². The Morgan fingerprint density at radius 2 is 1.87 bits per heavy atom. The summed E-state index contributed by atoms with van der Waals surface area (Å²) in [4.78, 5) is 52.4. The molecule has 0 aromatic heterocycles. The Bertz CT molecular complexity index is 896. The molecule has 9 heteroatoms. The van der Waals surface area contributed by atoms with Crippen LogP contribution in [-0.4, -0.2) is 78.9 Å². The molecular weight excluding hydrogens is 400 g/mol. The van der Waals surface area contributed by atoms with E-state index in [1.54, 1.807) is 18.2 Å². The van der Waals surface area contributed by atoms with Crippen LogP contribution in [0.5, 0.6) is 0 Å². The number of nitrogens with one attached hydrogen (secondary N) is 2.